The zero-order valence-electron chi connectivity index (χ0n) is 12.1. The van der Waals surface area contributed by atoms with Crippen molar-refractivity contribution in [1.82, 2.24) is 4.90 Å². The number of ether oxygens (including phenoxy) is 1. The minimum absolute atomic E-state index is 0.210. The molecular weight excluding hydrogens is 271 g/mol. The van der Waals surface area contributed by atoms with E-state index >= 15 is 0 Å². The molecule has 0 saturated carbocycles. The van der Waals surface area contributed by atoms with Crippen LogP contribution in [0.2, 0.25) is 0 Å². The summed E-state index contributed by atoms with van der Waals surface area (Å²) in [5.74, 6) is -0.631. The Labute approximate surface area is 124 Å². The van der Waals surface area contributed by atoms with Crippen LogP contribution >= 0.6 is 0 Å². The Hall–Kier alpha value is -1.93. The average molecular weight is 290 g/mol. The summed E-state index contributed by atoms with van der Waals surface area (Å²) in [5.41, 5.74) is 1.07. The van der Waals surface area contributed by atoms with Gasteiger partial charge in [0.05, 0.1) is 18.2 Å². The van der Waals surface area contributed by atoms with Crippen LogP contribution in [0, 0.1) is 17.1 Å². The van der Waals surface area contributed by atoms with Crippen LogP contribution in [0.1, 0.15) is 37.3 Å². The lowest BCUT2D eigenvalue weighted by Crippen LogP contribution is -2.45. The van der Waals surface area contributed by atoms with E-state index in [4.69, 9.17) is 10.00 Å². The van der Waals surface area contributed by atoms with Gasteiger partial charge in [-0.15, -0.1) is 0 Å². The van der Waals surface area contributed by atoms with Gasteiger partial charge in [-0.1, -0.05) is 12.5 Å². The molecule has 0 aromatic heterocycles. The van der Waals surface area contributed by atoms with Crippen molar-refractivity contribution < 1.29 is 13.9 Å². The average Bonchev–Trinajstić information content (AvgIpc) is 2.49. The molecule has 112 valence electrons. The number of halogens is 1. The summed E-state index contributed by atoms with van der Waals surface area (Å²) in [4.78, 5) is 14.0. The minimum Gasteiger partial charge on any atom is -0.465 e. The molecule has 1 aromatic rings. The van der Waals surface area contributed by atoms with E-state index in [1.54, 1.807) is 13.0 Å². The van der Waals surface area contributed by atoms with E-state index in [-0.39, 0.29) is 12.0 Å². The lowest BCUT2D eigenvalue weighted by molar-refractivity contribution is -0.151. The third-order valence-corrected chi connectivity index (χ3v) is 3.74. The second kappa shape index (κ2) is 7.19. The van der Waals surface area contributed by atoms with E-state index < -0.39 is 5.82 Å². The van der Waals surface area contributed by atoms with Gasteiger partial charge in [-0.3, -0.25) is 9.69 Å². The first-order chi connectivity index (χ1) is 10.2. The molecule has 21 heavy (non-hydrogen) atoms. The van der Waals surface area contributed by atoms with Gasteiger partial charge >= 0.3 is 5.97 Å². The molecule has 1 aliphatic rings. The largest absolute Gasteiger partial charge is 0.465 e. The summed E-state index contributed by atoms with van der Waals surface area (Å²) < 4.78 is 18.3. The van der Waals surface area contributed by atoms with Crippen LogP contribution in [-0.2, 0) is 16.1 Å². The maximum atomic E-state index is 13.2. The Bertz CT molecular complexity index is 554. The smallest absolute Gasteiger partial charge is 0.323 e. The SMILES string of the molecule is CCOC(=O)C1CCCCN1Cc1ccc(F)cc1C#N. The van der Waals surface area contributed by atoms with Crippen LogP contribution in [0.3, 0.4) is 0 Å². The van der Waals surface area contributed by atoms with Crippen molar-refractivity contribution >= 4 is 5.97 Å². The third kappa shape index (κ3) is 3.79. The van der Waals surface area contributed by atoms with Gasteiger partial charge in [0.15, 0.2) is 0 Å². The summed E-state index contributed by atoms with van der Waals surface area (Å²) >= 11 is 0. The molecular formula is C16H19FN2O2. The lowest BCUT2D eigenvalue weighted by Gasteiger charge is -2.34. The molecule has 0 bridgehead atoms. The Morgan fingerprint density at radius 3 is 3.05 bits per heavy atom. The monoisotopic (exact) mass is 290 g/mol. The molecule has 1 unspecified atom stereocenters. The fraction of sp³-hybridized carbons (Fsp3) is 0.500. The molecule has 1 saturated heterocycles. The molecule has 0 amide bonds. The topological polar surface area (TPSA) is 53.3 Å². The van der Waals surface area contributed by atoms with E-state index in [0.717, 1.165) is 31.4 Å². The van der Waals surface area contributed by atoms with E-state index in [1.807, 2.05) is 11.0 Å². The van der Waals surface area contributed by atoms with Gasteiger partial charge in [0, 0.05) is 6.54 Å². The zero-order valence-corrected chi connectivity index (χ0v) is 12.1. The molecule has 1 aromatic carbocycles. The van der Waals surface area contributed by atoms with Crippen LogP contribution < -0.4 is 0 Å². The molecule has 4 nitrogen and oxygen atoms in total. The maximum Gasteiger partial charge on any atom is 0.323 e. The van der Waals surface area contributed by atoms with E-state index in [1.165, 1.54) is 12.1 Å². The Kier molecular flexibility index (Phi) is 5.29. The second-order valence-corrected chi connectivity index (χ2v) is 5.15. The van der Waals surface area contributed by atoms with Gasteiger partial charge in [-0.25, -0.2) is 4.39 Å². The van der Waals surface area contributed by atoms with Crippen LogP contribution in [-0.4, -0.2) is 30.1 Å². The quantitative estimate of drug-likeness (QED) is 0.800. The van der Waals surface area contributed by atoms with Crippen molar-refractivity contribution in [3.05, 3.63) is 35.1 Å². The maximum absolute atomic E-state index is 13.2. The number of carbonyl (C=O) groups is 1. The normalized spacial score (nSPS) is 19.0. The predicted molar refractivity (Wildman–Crippen MR) is 75.8 cm³/mol. The highest BCUT2D eigenvalue weighted by atomic mass is 19.1. The number of piperidine rings is 1. The number of nitriles is 1. The molecule has 1 aliphatic heterocycles. The van der Waals surface area contributed by atoms with Crippen LogP contribution in [0.5, 0.6) is 0 Å². The first-order valence-electron chi connectivity index (χ1n) is 7.25. The number of rotatable bonds is 4. The van der Waals surface area contributed by atoms with Gasteiger partial charge in [0.25, 0.3) is 0 Å². The molecule has 0 N–H and O–H groups in total. The van der Waals surface area contributed by atoms with Gasteiger partial charge in [-0.2, -0.15) is 5.26 Å². The first kappa shape index (κ1) is 15.5. The summed E-state index contributed by atoms with van der Waals surface area (Å²) in [6.45, 7) is 3.40. The number of hydrogen-bond acceptors (Lipinski definition) is 4. The number of esters is 1. The van der Waals surface area contributed by atoms with Crippen molar-refractivity contribution in [2.45, 2.75) is 38.8 Å². The van der Waals surface area contributed by atoms with Gasteiger partial charge in [0.1, 0.15) is 11.9 Å². The van der Waals surface area contributed by atoms with Crippen molar-refractivity contribution in [3.8, 4) is 6.07 Å². The minimum atomic E-state index is -0.420. The number of carbonyl (C=O) groups excluding carboxylic acids is 1. The van der Waals surface area contributed by atoms with Gasteiger partial charge in [-0.05, 0) is 44.0 Å². The summed E-state index contributed by atoms with van der Waals surface area (Å²) in [5, 5.41) is 9.10. The van der Waals surface area contributed by atoms with Crippen molar-refractivity contribution in [2.24, 2.45) is 0 Å². The Balaban J connectivity index is 2.16. The van der Waals surface area contributed by atoms with Crippen LogP contribution in [0.4, 0.5) is 4.39 Å². The molecule has 0 aliphatic carbocycles. The first-order valence-corrected chi connectivity index (χ1v) is 7.25. The fourth-order valence-electron chi connectivity index (χ4n) is 2.70. The number of hydrogen-bond donors (Lipinski definition) is 0. The number of benzene rings is 1. The molecule has 1 heterocycles. The molecule has 0 spiro atoms. The van der Waals surface area contributed by atoms with Crippen molar-refractivity contribution in [3.63, 3.8) is 0 Å². The van der Waals surface area contributed by atoms with Crippen LogP contribution in [0.25, 0.3) is 0 Å². The Morgan fingerprint density at radius 1 is 1.52 bits per heavy atom. The molecule has 0 radical (unpaired) electrons. The highest BCUT2D eigenvalue weighted by molar-refractivity contribution is 5.75. The predicted octanol–water partition coefficient (Wildman–Crippen LogP) is 2.61. The molecule has 2 rings (SSSR count). The van der Waals surface area contributed by atoms with E-state index in [2.05, 4.69) is 0 Å². The summed E-state index contributed by atoms with van der Waals surface area (Å²) in [7, 11) is 0. The van der Waals surface area contributed by atoms with E-state index in [9.17, 15) is 9.18 Å². The molecule has 1 fully saturated rings. The summed E-state index contributed by atoms with van der Waals surface area (Å²) in [6, 6.07) is 5.94. The fourth-order valence-corrected chi connectivity index (χ4v) is 2.70. The van der Waals surface area contributed by atoms with Gasteiger partial charge < -0.3 is 4.74 Å². The highest BCUT2D eigenvalue weighted by Crippen LogP contribution is 2.22. The second-order valence-electron chi connectivity index (χ2n) is 5.15. The van der Waals surface area contributed by atoms with Gasteiger partial charge in [0.2, 0.25) is 0 Å². The highest BCUT2D eigenvalue weighted by Gasteiger charge is 2.30. The van der Waals surface area contributed by atoms with Crippen molar-refractivity contribution in [2.75, 3.05) is 13.2 Å². The van der Waals surface area contributed by atoms with E-state index in [0.29, 0.717) is 18.7 Å². The third-order valence-electron chi connectivity index (χ3n) is 3.74. The van der Waals surface area contributed by atoms with Crippen LogP contribution in [0.15, 0.2) is 18.2 Å². The molecule has 5 heteroatoms. The zero-order chi connectivity index (χ0) is 15.2. The summed E-state index contributed by atoms with van der Waals surface area (Å²) in [6.07, 6.45) is 2.77. The number of nitrogens with zero attached hydrogens (tertiary/aromatic N) is 2. The van der Waals surface area contributed by atoms with Crippen molar-refractivity contribution in [1.29, 1.82) is 5.26 Å². The Morgan fingerprint density at radius 2 is 2.33 bits per heavy atom. The molecule has 1 atom stereocenters. The lowest BCUT2D eigenvalue weighted by atomic mass is 10.00. The standard InChI is InChI=1S/C16H19FN2O2/c1-2-21-16(20)15-5-3-4-8-19(15)11-12-6-7-14(17)9-13(12)10-18/h6-7,9,15H,2-5,8,11H2,1H3. The number of likely N-dealkylation sites (tertiary alicyclic amines) is 1.